The first-order chi connectivity index (χ1) is 9.16. The molecule has 1 aliphatic heterocycles. The number of hydrogen-bond acceptors (Lipinski definition) is 3. The van der Waals surface area contributed by atoms with Gasteiger partial charge in [0.05, 0.1) is 6.54 Å². The van der Waals surface area contributed by atoms with Crippen LogP contribution in [-0.2, 0) is 11.3 Å². The molecular weight excluding hydrogens is 240 g/mol. The van der Waals surface area contributed by atoms with Gasteiger partial charge in [-0.15, -0.1) is 0 Å². The quantitative estimate of drug-likeness (QED) is 0.880. The number of amides is 1. The minimum absolute atomic E-state index is 0.155. The van der Waals surface area contributed by atoms with Crippen LogP contribution in [0, 0.1) is 0 Å². The number of para-hydroxylation sites is 1. The molecule has 1 aromatic carbocycles. The number of benzene rings is 1. The van der Waals surface area contributed by atoms with E-state index in [1.54, 1.807) is 0 Å². The van der Waals surface area contributed by atoms with Crippen LogP contribution in [0.15, 0.2) is 24.3 Å². The van der Waals surface area contributed by atoms with Crippen molar-refractivity contribution in [3.8, 4) is 5.75 Å². The van der Waals surface area contributed by atoms with Gasteiger partial charge in [-0.3, -0.25) is 4.79 Å². The summed E-state index contributed by atoms with van der Waals surface area (Å²) in [7, 11) is 0. The number of ether oxygens (including phenoxy) is 1. The van der Waals surface area contributed by atoms with Crippen LogP contribution in [0.4, 0.5) is 0 Å². The van der Waals surface area contributed by atoms with Crippen molar-refractivity contribution in [1.82, 2.24) is 4.90 Å². The Morgan fingerprint density at radius 2 is 2.16 bits per heavy atom. The third-order valence-corrected chi connectivity index (χ3v) is 4.16. The largest absolute Gasteiger partial charge is 0.491 e. The van der Waals surface area contributed by atoms with Gasteiger partial charge in [0.25, 0.3) is 0 Å². The van der Waals surface area contributed by atoms with Crippen molar-refractivity contribution in [2.24, 2.45) is 5.73 Å². The molecule has 1 fully saturated rings. The monoisotopic (exact) mass is 260 g/mol. The normalized spacial score (nSPS) is 20.8. The number of fused-ring (bicyclic) bond motifs is 1. The van der Waals surface area contributed by atoms with Crippen molar-refractivity contribution in [3.63, 3.8) is 0 Å². The van der Waals surface area contributed by atoms with Crippen molar-refractivity contribution < 1.29 is 9.53 Å². The molecule has 4 heteroatoms. The molecule has 1 aliphatic carbocycles. The van der Waals surface area contributed by atoms with Crippen LogP contribution in [-0.4, -0.2) is 29.5 Å². The van der Waals surface area contributed by atoms with Gasteiger partial charge < -0.3 is 15.4 Å². The van der Waals surface area contributed by atoms with Gasteiger partial charge in [0, 0.05) is 24.1 Å². The molecule has 0 spiro atoms. The molecule has 1 amide bonds. The van der Waals surface area contributed by atoms with Crippen molar-refractivity contribution in [1.29, 1.82) is 0 Å². The molecule has 0 radical (unpaired) electrons. The fourth-order valence-electron chi connectivity index (χ4n) is 2.76. The first-order valence-electron chi connectivity index (χ1n) is 6.94. The zero-order chi connectivity index (χ0) is 13.3. The van der Waals surface area contributed by atoms with E-state index in [0.29, 0.717) is 26.1 Å². The Balaban J connectivity index is 1.70. The summed E-state index contributed by atoms with van der Waals surface area (Å²) in [5.41, 5.74) is 7.00. The van der Waals surface area contributed by atoms with Gasteiger partial charge in [0.2, 0.25) is 5.91 Å². The molecule has 1 heterocycles. The van der Waals surface area contributed by atoms with Crippen LogP contribution in [0.2, 0.25) is 0 Å². The van der Waals surface area contributed by atoms with E-state index in [1.165, 1.54) is 0 Å². The van der Waals surface area contributed by atoms with Crippen LogP contribution >= 0.6 is 0 Å². The van der Waals surface area contributed by atoms with E-state index in [0.717, 1.165) is 30.6 Å². The number of carbonyl (C=O) groups excluding carboxylic acids is 1. The van der Waals surface area contributed by atoms with E-state index < -0.39 is 0 Å². The van der Waals surface area contributed by atoms with Gasteiger partial charge in [-0.25, -0.2) is 0 Å². The Morgan fingerprint density at radius 1 is 1.37 bits per heavy atom. The van der Waals surface area contributed by atoms with Crippen LogP contribution in [0.1, 0.15) is 31.2 Å². The highest BCUT2D eigenvalue weighted by Gasteiger charge is 2.36. The molecule has 0 atom stereocenters. The summed E-state index contributed by atoms with van der Waals surface area (Å²) < 4.78 is 5.67. The first-order valence-corrected chi connectivity index (χ1v) is 6.94. The standard InChI is InChI=1S/C15H20N2O2/c16-15(6-3-7-15)10-14(18)17-8-9-19-13-5-2-1-4-12(13)11-17/h1-2,4-5H,3,6-11,16H2. The molecule has 2 aliphatic rings. The second-order valence-electron chi connectivity index (χ2n) is 5.66. The molecule has 0 bridgehead atoms. The Morgan fingerprint density at radius 3 is 2.89 bits per heavy atom. The first kappa shape index (κ1) is 12.5. The van der Waals surface area contributed by atoms with Gasteiger partial charge in [-0.2, -0.15) is 0 Å². The molecule has 19 heavy (non-hydrogen) atoms. The van der Waals surface area contributed by atoms with E-state index in [1.807, 2.05) is 29.2 Å². The van der Waals surface area contributed by atoms with Gasteiger partial charge in [0.1, 0.15) is 12.4 Å². The van der Waals surface area contributed by atoms with E-state index in [-0.39, 0.29) is 11.4 Å². The predicted molar refractivity (Wildman–Crippen MR) is 72.7 cm³/mol. The van der Waals surface area contributed by atoms with Crippen LogP contribution in [0.5, 0.6) is 5.75 Å². The molecule has 0 saturated heterocycles. The van der Waals surface area contributed by atoms with Crippen molar-refractivity contribution >= 4 is 5.91 Å². The summed E-state index contributed by atoms with van der Waals surface area (Å²) >= 11 is 0. The molecule has 1 saturated carbocycles. The van der Waals surface area contributed by atoms with Gasteiger partial charge in [-0.1, -0.05) is 18.2 Å². The number of hydrogen-bond donors (Lipinski definition) is 1. The van der Waals surface area contributed by atoms with Crippen molar-refractivity contribution in [2.45, 2.75) is 37.8 Å². The summed E-state index contributed by atoms with van der Waals surface area (Å²) in [6.45, 7) is 1.83. The van der Waals surface area contributed by atoms with Crippen LogP contribution in [0.25, 0.3) is 0 Å². The Hall–Kier alpha value is -1.55. The lowest BCUT2D eigenvalue weighted by atomic mass is 9.75. The van der Waals surface area contributed by atoms with Crippen LogP contribution in [0.3, 0.4) is 0 Å². The average Bonchev–Trinajstić information content (AvgIpc) is 2.58. The summed E-state index contributed by atoms with van der Waals surface area (Å²) in [5, 5.41) is 0. The average molecular weight is 260 g/mol. The summed E-state index contributed by atoms with van der Waals surface area (Å²) in [4.78, 5) is 14.2. The van der Waals surface area contributed by atoms with E-state index in [9.17, 15) is 4.79 Å². The second kappa shape index (κ2) is 4.85. The predicted octanol–water partition coefficient (Wildman–Crippen LogP) is 1.68. The second-order valence-corrected chi connectivity index (χ2v) is 5.66. The number of nitrogens with two attached hydrogens (primary N) is 1. The number of rotatable bonds is 2. The third kappa shape index (κ3) is 2.59. The highest BCUT2D eigenvalue weighted by atomic mass is 16.5. The van der Waals surface area contributed by atoms with Crippen molar-refractivity contribution in [3.05, 3.63) is 29.8 Å². The molecule has 2 N–H and O–H groups in total. The fourth-order valence-corrected chi connectivity index (χ4v) is 2.76. The zero-order valence-corrected chi connectivity index (χ0v) is 11.1. The van der Waals surface area contributed by atoms with E-state index in [4.69, 9.17) is 10.5 Å². The highest BCUT2D eigenvalue weighted by Crippen LogP contribution is 2.33. The van der Waals surface area contributed by atoms with Gasteiger partial charge in [0.15, 0.2) is 0 Å². The third-order valence-electron chi connectivity index (χ3n) is 4.16. The summed E-state index contributed by atoms with van der Waals surface area (Å²) in [6, 6.07) is 7.91. The van der Waals surface area contributed by atoms with Crippen molar-refractivity contribution in [2.75, 3.05) is 13.2 Å². The summed E-state index contributed by atoms with van der Waals surface area (Å²) in [5.74, 6) is 1.05. The zero-order valence-electron chi connectivity index (χ0n) is 11.1. The highest BCUT2D eigenvalue weighted by molar-refractivity contribution is 5.77. The topological polar surface area (TPSA) is 55.6 Å². The minimum Gasteiger partial charge on any atom is -0.491 e. The molecule has 102 valence electrons. The Labute approximate surface area is 113 Å². The lowest BCUT2D eigenvalue weighted by Gasteiger charge is -2.38. The smallest absolute Gasteiger partial charge is 0.224 e. The SMILES string of the molecule is NC1(CC(=O)N2CCOc3ccccc3C2)CCC1. The fraction of sp³-hybridized carbons (Fsp3) is 0.533. The number of nitrogens with zero attached hydrogens (tertiary/aromatic N) is 1. The Bertz CT molecular complexity index is 483. The lowest BCUT2D eigenvalue weighted by Crippen LogP contribution is -2.50. The molecule has 3 rings (SSSR count). The number of carbonyl (C=O) groups is 1. The van der Waals surface area contributed by atoms with Crippen LogP contribution < -0.4 is 10.5 Å². The maximum atomic E-state index is 12.4. The van der Waals surface area contributed by atoms with Gasteiger partial charge in [-0.05, 0) is 25.3 Å². The molecule has 1 aromatic rings. The van der Waals surface area contributed by atoms with Gasteiger partial charge >= 0.3 is 0 Å². The Kier molecular flexibility index (Phi) is 3.19. The molecule has 0 unspecified atom stereocenters. The van der Waals surface area contributed by atoms with E-state index in [2.05, 4.69) is 0 Å². The summed E-state index contributed by atoms with van der Waals surface area (Å²) in [6.07, 6.45) is 3.56. The molecule has 0 aromatic heterocycles. The maximum Gasteiger partial charge on any atom is 0.224 e. The molecule has 4 nitrogen and oxygen atoms in total. The molecular formula is C15H20N2O2. The maximum absolute atomic E-state index is 12.4. The minimum atomic E-state index is -0.246. The van der Waals surface area contributed by atoms with E-state index >= 15 is 0 Å². The lowest BCUT2D eigenvalue weighted by molar-refractivity contribution is -0.134.